The number of carbonyl (C=O) groups excluding carboxylic acids is 1. The van der Waals surface area contributed by atoms with Crippen LogP contribution in [0.1, 0.15) is 35.3 Å². The number of hydrogen-bond acceptors (Lipinski definition) is 4. The first kappa shape index (κ1) is 15.2. The highest BCUT2D eigenvalue weighted by Crippen LogP contribution is 2.25. The lowest BCUT2D eigenvalue weighted by Gasteiger charge is -2.37. The zero-order valence-corrected chi connectivity index (χ0v) is 11.6. The van der Waals surface area contributed by atoms with Gasteiger partial charge in [0.2, 0.25) is 0 Å². The van der Waals surface area contributed by atoms with Gasteiger partial charge in [-0.15, -0.1) is 0 Å². The number of carboxylic acids is 1. The summed E-state index contributed by atoms with van der Waals surface area (Å²) in [7, 11) is 0. The Morgan fingerprint density at radius 1 is 1.38 bits per heavy atom. The molecule has 1 aliphatic carbocycles. The Balaban J connectivity index is 2.08. The predicted octanol–water partition coefficient (Wildman–Crippen LogP) is 1.17. The number of amides is 1. The van der Waals surface area contributed by atoms with Crippen molar-refractivity contribution in [3.63, 3.8) is 0 Å². The van der Waals surface area contributed by atoms with Gasteiger partial charge in [0, 0.05) is 24.9 Å². The second-order valence-corrected chi connectivity index (χ2v) is 4.96. The van der Waals surface area contributed by atoms with E-state index in [-0.39, 0.29) is 18.6 Å². The number of pyridine rings is 1. The summed E-state index contributed by atoms with van der Waals surface area (Å²) in [5.41, 5.74) is 0.925. The molecule has 2 N–H and O–H groups in total. The largest absolute Gasteiger partial charge is 0.478 e. The van der Waals surface area contributed by atoms with Crippen LogP contribution in [0, 0.1) is 0 Å². The van der Waals surface area contributed by atoms with Gasteiger partial charge in [-0.05, 0) is 37.0 Å². The molecule has 0 bridgehead atoms. The quantitative estimate of drug-likeness (QED) is 0.767. The van der Waals surface area contributed by atoms with Crippen LogP contribution in [0.3, 0.4) is 0 Å². The number of hydrogen-bond donors (Lipinski definition) is 2. The number of aliphatic hydroxyl groups is 1. The molecular formula is C15H18N2O4. The monoisotopic (exact) mass is 290 g/mol. The second-order valence-electron chi connectivity index (χ2n) is 4.96. The lowest BCUT2D eigenvalue weighted by molar-refractivity contribution is -0.131. The molecule has 1 aliphatic rings. The van der Waals surface area contributed by atoms with E-state index in [4.69, 9.17) is 10.2 Å². The van der Waals surface area contributed by atoms with Crippen LogP contribution < -0.4 is 0 Å². The van der Waals surface area contributed by atoms with E-state index in [1.165, 1.54) is 12.3 Å². The average Bonchev–Trinajstić information content (AvgIpc) is 2.42. The van der Waals surface area contributed by atoms with Gasteiger partial charge >= 0.3 is 5.97 Å². The van der Waals surface area contributed by atoms with Gasteiger partial charge in [0.15, 0.2) is 0 Å². The summed E-state index contributed by atoms with van der Waals surface area (Å²) in [6.45, 7) is 0.244. The van der Waals surface area contributed by atoms with Crippen molar-refractivity contribution in [3.05, 3.63) is 35.7 Å². The highest BCUT2D eigenvalue weighted by molar-refractivity contribution is 5.93. The SMILES string of the molecule is O=C(O)/C=C/c1ccc(C(=O)N(CCO)C2CCC2)nc1. The molecular weight excluding hydrogens is 272 g/mol. The Morgan fingerprint density at radius 2 is 2.14 bits per heavy atom. The molecule has 2 rings (SSSR count). The maximum atomic E-state index is 12.4. The molecule has 0 aliphatic heterocycles. The van der Waals surface area contributed by atoms with Crippen molar-refractivity contribution in [1.29, 1.82) is 0 Å². The minimum absolute atomic E-state index is 0.0678. The average molecular weight is 290 g/mol. The summed E-state index contributed by atoms with van der Waals surface area (Å²) in [5.74, 6) is -1.23. The lowest BCUT2D eigenvalue weighted by Crippen LogP contribution is -2.45. The lowest BCUT2D eigenvalue weighted by atomic mass is 9.91. The molecule has 1 saturated carbocycles. The molecule has 21 heavy (non-hydrogen) atoms. The van der Waals surface area contributed by atoms with Gasteiger partial charge in [0.25, 0.3) is 5.91 Å². The summed E-state index contributed by atoms with van der Waals surface area (Å²) in [6.07, 6.45) is 6.93. The third-order valence-corrected chi connectivity index (χ3v) is 3.54. The molecule has 0 unspecified atom stereocenters. The molecule has 112 valence electrons. The zero-order chi connectivity index (χ0) is 15.2. The summed E-state index contributed by atoms with van der Waals surface area (Å²) >= 11 is 0. The number of nitrogens with zero attached hydrogens (tertiary/aromatic N) is 2. The number of aliphatic hydroxyl groups excluding tert-OH is 1. The van der Waals surface area contributed by atoms with E-state index < -0.39 is 5.97 Å². The maximum absolute atomic E-state index is 12.4. The normalized spacial score (nSPS) is 14.9. The summed E-state index contributed by atoms with van der Waals surface area (Å²) in [6, 6.07) is 3.42. The number of carbonyl (C=O) groups is 2. The minimum Gasteiger partial charge on any atom is -0.478 e. The highest BCUT2D eigenvalue weighted by Gasteiger charge is 2.29. The second kappa shape index (κ2) is 6.99. The Kier molecular flexibility index (Phi) is 5.05. The van der Waals surface area contributed by atoms with Crippen LogP contribution in [0.25, 0.3) is 6.08 Å². The fourth-order valence-corrected chi connectivity index (χ4v) is 2.20. The van der Waals surface area contributed by atoms with Gasteiger partial charge in [0.1, 0.15) is 5.69 Å². The Morgan fingerprint density at radius 3 is 2.62 bits per heavy atom. The van der Waals surface area contributed by atoms with Crippen molar-refractivity contribution in [1.82, 2.24) is 9.88 Å². The Hall–Kier alpha value is -2.21. The molecule has 0 saturated heterocycles. The van der Waals surface area contributed by atoms with Crippen LogP contribution >= 0.6 is 0 Å². The molecule has 0 radical (unpaired) electrons. The van der Waals surface area contributed by atoms with Gasteiger partial charge in [-0.25, -0.2) is 4.79 Å². The summed E-state index contributed by atoms with van der Waals surface area (Å²) in [5, 5.41) is 17.6. The van der Waals surface area contributed by atoms with Gasteiger partial charge in [-0.2, -0.15) is 0 Å². The van der Waals surface area contributed by atoms with Gasteiger partial charge in [-0.1, -0.05) is 6.07 Å². The molecule has 1 aromatic heterocycles. The first-order chi connectivity index (χ1) is 10.1. The number of rotatable bonds is 6. The van der Waals surface area contributed by atoms with Crippen LogP contribution in [0.15, 0.2) is 24.4 Å². The van der Waals surface area contributed by atoms with Crippen LogP contribution in [-0.4, -0.2) is 51.2 Å². The van der Waals surface area contributed by atoms with E-state index >= 15 is 0 Å². The van der Waals surface area contributed by atoms with Crippen molar-refractivity contribution in [2.75, 3.05) is 13.2 Å². The number of aromatic nitrogens is 1. The maximum Gasteiger partial charge on any atom is 0.328 e. The molecule has 1 fully saturated rings. The Labute approximate surface area is 122 Å². The molecule has 0 aromatic carbocycles. The molecule has 1 amide bonds. The van der Waals surface area contributed by atoms with Gasteiger partial charge in [0.05, 0.1) is 6.61 Å². The molecule has 6 heteroatoms. The Bertz CT molecular complexity index is 535. The van der Waals surface area contributed by atoms with Crippen molar-refractivity contribution in [2.24, 2.45) is 0 Å². The molecule has 6 nitrogen and oxygen atoms in total. The minimum atomic E-state index is -1.03. The third kappa shape index (κ3) is 3.88. The van der Waals surface area contributed by atoms with Crippen molar-refractivity contribution in [3.8, 4) is 0 Å². The summed E-state index contributed by atoms with van der Waals surface area (Å²) < 4.78 is 0. The predicted molar refractivity (Wildman–Crippen MR) is 76.7 cm³/mol. The van der Waals surface area contributed by atoms with Crippen molar-refractivity contribution < 1.29 is 19.8 Å². The smallest absolute Gasteiger partial charge is 0.328 e. The van der Waals surface area contributed by atoms with E-state index in [9.17, 15) is 9.59 Å². The molecule has 0 spiro atoms. The van der Waals surface area contributed by atoms with Crippen LogP contribution in [0.5, 0.6) is 0 Å². The van der Waals surface area contributed by atoms with Crippen LogP contribution in [-0.2, 0) is 4.79 Å². The highest BCUT2D eigenvalue weighted by atomic mass is 16.4. The molecule has 1 aromatic rings. The summed E-state index contributed by atoms with van der Waals surface area (Å²) in [4.78, 5) is 28.6. The van der Waals surface area contributed by atoms with Crippen LogP contribution in [0.4, 0.5) is 0 Å². The van der Waals surface area contributed by atoms with Crippen molar-refractivity contribution in [2.45, 2.75) is 25.3 Å². The van der Waals surface area contributed by atoms with E-state index in [1.807, 2.05) is 0 Å². The number of aliphatic carboxylic acids is 1. The van der Waals surface area contributed by atoms with E-state index in [2.05, 4.69) is 4.98 Å². The zero-order valence-electron chi connectivity index (χ0n) is 11.6. The van der Waals surface area contributed by atoms with E-state index in [0.717, 1.165) is 25.3 Å². The van der Waals surface area contributed by atoms with Gasteiger partial charge in [-0.3, -0.25) is 9.78 Å². The molecule has 0 atom stereocenters. The molecule has 1 heterocycles. The van der Waals surface area contributed by atoms with Crippen molar-refractivity contribution >= 4 is 18.0 Å². The van der Waals surface area contributed by atoms with E-state index in [1.54, 1.807) is 17.0 Å². The first-order valence-electron chi connectivity index (χ1n) is 6.90. The fourth-order valence-electron chi connectivity index (χ4n) is 2.20. The van der Waals surface area contributed by atoms with Crippen LogP contribution in [0.2, 0.25) is 0 Å². The standard InChI is InChI=1S/C15H18N2O4/c18-9-8-17(12-2-1-3-12)15(21)13-6-4-11(10-16-13)5-7-14(19)20/h4-7,10,12,18H,1-3,8-9H2,(H,19,20)/b7-5+. The first-order valence-corrected chi connectivity index (χ1v) is 6.90. The topological polar surface area (TPSA) is 90.7 Å². The third-order valence-electron chi connectivity index (χ3n) is 3.54. The van der Waals surface area contributed by atoms with Gasteiger partial charge < -0.3 is 15.1 Å². The number of carboxylic acid groups (broad SMARTS) is 1. The fraction of sp³-hybridized carbons (Fsp3) is 0.400. The van der Waals surface area contributed by atoms with E-state index in [0.29, 0.717) is 17.8 Å².